The van der Waals surface area contributed by atoms with Gasteiger partial charge in [0.25, 0.3) is 15.9 Å². The van der Waals surface area contributed by atoms with Gasteiger partial charge in [-0.1, -0.05) is 38.1 Å². The van der Waals surface area contributed by atoms with Gasteiger partial charge in [-0.05, 0) is 42.0 Å². The van der Waals surface area contributed by atoms with Crippen molar-refractivity contribution in [2.24, 2.45) is 4.40 Å². The first-order valence-corrected chi connectivity index (χ1v) is 11.3. The van der Waals surface area contributed by atoms with E-state index < -0.39 is 10.0 Å². The van der Waals surface area contributed by atoms with Gasteiger partial charge in [-0.2, -0.15) is 0 Å². The predicted octanol–water partition coefficient (Wildman–Crippen LogP) is 2.80. The molecule has 1 aromatic carbocycles. The van der Waals surface area contributed by atoms with Crippen molar-refractivity contribution in [1.29, 1.82) is 0 Å². The lowest BCUT2D eigenvalue weighted by molar-refractivity contribution is -0.127. The number of nitrogens with zero attached hydrogens (tertiary/aromatic N) is 3. The Bertz CT molecular complexity index is 971. The van der Waals surface area contributed by atoms with Crippen LogP contribution in [0.5, 0.6) is 0 Å². The molecule has 28 heavy (non-hydrogen) atoms. The Morgan fingerprint density at radius 3 is 2.61 bits per heavy atom. The maximum absolute atomic E-state index is 13.3. The van der Waals surface area contributed by atoms with Gasteiger partial charge in [0.15, 0.2) is 5.84 Å². The smallest absolute Gasteiger partial charge is 0.258 e. The molecule has 1 saturated carbocycles. The van der Waals surface area contributed by atoms with Crippen molar-refractivity contribution < 1.29 is 13.2 Å². The monoisotopic (exact) mass is 399 g/mol. The van der Waals surface area contributed by atoms with Crippen molar-refractivity contribution in [2.45, 2.75) is 45.2 Å². The minimum Gasteiger partial charge on any atom is -0.331 e. The number of rotatable bonds is 5. The summed E-state index contributed by atoms with van der Waals surface area (Å²) in [7, 11) is -3.52. The van der Waals surface area contributed by atoms with Crippen LogP contribution in [0.15, 0.2) is 52.6 Å². The van der Waals surface area contributed by atoms with Crippen molar-refractivity contribution in [2.75, 3.05) is 12.3 Å². The summed E-state index contributed by atoms with van der Waals surface area (Å²) < 4.78 is 27.8. The van der Waals surface area contributed by atoms with E-state index in [1.54, 1.807) is 23.3 Å². The zero-order valence-electron chi connectivity index (χ0n) is 16.2. The van der Waals surface area contributed by atoms with Crippen molar-refractivity contribution in [1.82, 2.24) is 9.80 Å². The van der Waals surface area contributed by atoms with Gasteiger partial charge >= 0.3 is 0 Å². The molecule has 2 aliphatic heterocycles. The molecule has 148 valence electrons. The number of fused-ring (bicyclic) bond motifs is 1. The second-order valence-electron chi connectivity index (χ2n) is 7.88. The van der Waals surface area contributed by atoms with Gasteiger partial charge in [-0.15, -0.1) is 4.40 Å². The fourth-order valence-electron chi connectivity index (χ4n) is 3.50. The first-order chi connectivity index (χ1) is 13.3. The highest BCUT2D eigenvalue weighted by atomic mass is 32.2. The third-order valence-electron chi connectivity index (χ3n) is 5.34. The first kappa shape index (κ1) is 18.9. The van der Waals surface area contributed by atoms with E-state index in [1.165, 1.54) is 5.56 Å². The van der Waals surface area contributed by atoms with Gasteiger partial charge in [0.2, 0.25) is 0 Å². The minimum absolute atomic E-state index is 0.0309. The molecule has 7 heteroatoms. The molecule has 0 N–H and O–H groups in total. The fraction of sp³-hybridized carbons (Fsp3) is 0.429. The van der Waals surface area contributed by atoms with Crippen LogP contribution in [0, 0.1) is 0 Å². The zero-order chi connectivity index (χ0) is 19.9. The quantitative estimate of drug-likeness (QED) is 0.763. The molecule has 1 amide bonds. The molecule has 6 nitrogen and oxygen atoms in total. The Kier molecular flexibility index (Phi) is 4.87. The number of benzene rings is 1. The fourth-order valence-corrected chi connectivity index (χ4v) is 4.48. The third kappa shape index (κ3) is 3.90. The minimum atomic E-state index is -3.52. The molecule has 0 spiro atoms. The van der Waals surface area contributed by atoms with Crippen molar-refractivity contribution in [3.63, 3.8) is 0 Å². The number of amidine groups is 1. The lowest BCUT2D eigenvalue weighted by Crippen LogP contribution is -2.44. The first-order valence-electron chi connectivity index (χ1n) is 9.72. The summed E-state index contributed by atoms with van der Waals surface area (Å²) in [6.45, 7) is 5.15. The number of hydrogen-bond donors (Lipinski definition) is 0. The van der Waals surface area contributed by atoms with Crippen molar-refractivity contribution in [3.05, 3.63) is 59.3 Å². The Labute approximate surface area is 166 Å². The molecule has 3 aliphatic rings. The van der Waals surface area contributed by atoms with Gasteiger partial charge in [0.05, 0.1) is 11.3 Å². The Morgan fingerprint density at radius 2 is 1.96 bits per heavy atom. The third-order valence-corrected chi connectivity index (χ3v) is 6.49. The summed E-state index contributed by atoms with van der Waals surface area (Å²) >= 11 is 0. The average molecular weight is 400 g/mol. The molecule has 1 aromatic rings. The number of carbonyl (C=O) groups excluding carboxylic acids is 1. The van der Waals surface area contributed by atoms with E-state index in [9.17, 15) is 13.2 Å². The van der Waals surface area contributed by atoms with Gasteiger partial charge in [0, 0.05) is 25.3 Å². The molecule has 0 unspecified atom stereocenters. The molecule has 0 atom stereocenters. The Morgan fingerprint density at radius 1 is 1.25 bits per heavy atom. The summed E-state index contributed by atoms with van der Waals surface area (Å²) in [5.74, 6) is 0.531. The molecule has 0 saturated heterocycles. The molecule has 0 bridgehead atoms. The largest absolute Gasteiger partial charge is 0.331 e. The number of carbonyl (C=O) groups is 1. The van der Waals surface area contributed by atoms with E-state index >= 15 is 0 Å². The second-order valence-corrected chi connectivity index (χ2v) is 9.63. The number of amides is 1. The van der Waals surface area contributed by atoms with Crippen LogP contribution in [-0.2, 0) is 21.4 Å². The van der Waals surface area contributed by atoms with Crippen LogP contribution in [0.25, 0.3) is 0 Å². The van der Waals surface area contributed by atoms with Crippen LogP contribution in [0.4, 0.5) is 0 Å². The van der Waals surface area contributed by atoms with Gasteiger partial charge in [-0.25, -0.2) is 8.42 Å². The van der Waals surface area contributed by atoms with Gasteiger partial charge < -0.3 is 9.80 Å². The molecule has 1 aliphatic carbocycles. The molecule has 4 rings (SSSR count). The van der Waals surface area contributed by atoms with Crippen LogP contribution in [0.3, 0.4) is 0 Å². The van der Waals surface area contributed by atoms with Crippen molar-refractivity contribution in [3.8, 4) is 0 Å². The second kappa shape index (κ2) is 7.20. The Hall–Kier alpha value is -2.41. The maximum Gasteiger partial charge on any atom is 0.258 e. The Balaban J connectivity index is 1.60. The number of allylic oxidation sites excluding steroid dienone is 2. The van der Waals surface area contributed by atoms with E-state index in [0.29, 0.717) is 24.6 Å². The number of sulfonamides is 1. The average Bonchev–Trinajstić information content (AvgIpc) is 3.50. The van der Waals surface area contributed by atoms with Crippen molar-refractivity contribution >= 4 is 21.8 Å². The van der Waals surface area contributed by atoms with Crippen LogP contribution in [0.1, 0.15) is 43.7 Å². The molecule has 2 heterocycles. The lowest BCUT2D eigenvalue weighted by Gasteiger charge is -2.31. The highest BCUT2D eigenvalue weighted by Gasteiger charge is 2.37. The zero-order valence-corrected chi connectivity index (χ0v) is 17.0. The highest BCUT2D eigenvalue weighted by Crippen LogP contribution is 2.31. The van der Waals surface area contributed by atoms with E-state index in [0.717, 1.165) is 18.4 Å². The molecule has 1 fully saturated rings. The normalized spacial score (nSPS) is 20.5. The number of hydrogen-bond acceptors (Lipinski definition) is 4. The molecular weight excluding hydrogens is 374 g/mol. The standard InChI is InChI=1S/C21H25N3O3S/c1-15(2)17-7-5-16(6-8-17)14-24(18-9-10-18)21(25)19-4-3-11-23-12-13-28(26,27)22-20(19)23/h3-8,11,15,18H,9-10,12-14H2,1-2H3. The molecular formula is C21H25N3O3S. The SMILES string of the molecule is CC(C)c1ccc(CN(C(=O)C2=CC=CN3CCS(=O)(=O)N=C23)C2CC2)cc1. The van der Waals surface area contributed by atoms with E-state index in [-0.39, 0.29) is 23.5 Å². The summed E-state index contributed by atoms with van der Waals surface area (Å²) in [4.78, 5) is 17.0. The molecule has 0 radical (unpaired) electrons. The topological polar surface area (TPSA) is 70.1 Å². The van der Waals surface area contributed by atoms with E-state index in [2.05, 4.69) is 42.5 Å². The lowest BCUT2D eigenvalue weighted by atomic mass is 10.0. The summed E-state index contributed by atoms with van der Waals surface area (Å²) in [6, 6.07) is 8.57. The maximum atomic E-state index is 13.3. The highest BCUT2D eigenvalue weighted by molar-refractivity contribution is 7.90. The van der Waals surface area contributed by atoms with E-state index in [4.69, 9.17) is 0 Å². The van der Waals surface area contributed by atoms with Gasteiger partial charge in [0.1, 0.15) is 0 Å². The molecule has 0 aromatic heterocycles. The van der Waals surface area contributed by atoms with E-state index in [1.807, 2.05) is 4.90 Å². The van der Waals surface area contributed by atoms with Crippen LogP contribution >= 0.6 is 0 Å². The summed E-state index contributed by atoms with van der Waals surface area (Å²) in [5, 5.41) is 0. The van der Waals surface area contributed by atoms with Crippen LogP contribution in [-0.4, -0.2) is 48.3 Å². The van der Waals surface area contributed by atoms with Crippen LogP contribution in [0.2, 0.25) is 0 Å². The summed E-state index contributed by atoms with van der Waals surface area (Å²) in [6.07, 6.45) is 7.19. The van der Waals surface area contributed by atoms with Crippen LogP contribution < -0.4 is 0 Å². The predicted molar refractivity (Wildman–Crippen MR) is 109 cm³/mol. The van der Waals surface area contributed by atoms with Gasteiger partial charge in [-0.3, -0.25) is 4.79 Å². The summed E-state index contributed by atoms with van der Waals surface area (Å²) in [5.41, 5.74) is 2.70.